The van der Waals surface area contributed by atoms with Gasteiger partial charge in [-0.1, -0.05) is 83.1 Å². The van der Waals surface area contributed by atoms with Crippen LogP contribution in [0.15, 0.2) is 0 Å². The van der Waals surface area contributed by atoms with Crippen molar-refractivity contribution in [3.05, 3.63) is 22.8 Å². The number of hydrogen-bond donors (Lipinski definition) is 0. The van der Waals surface area contributed by atoms with E-state index >= 15 is 0 Å². The normalized spacial score (nSPS) is 14.4. The van der Waals surface area contributed by atoms with E-state index in [9.17, 15) is 0 Å². The van der Waals surface area contributed by atoms with Crippen LogP contribution in [0.25, 0.3) is 0 Å². The second kappa shape index (κ2) is 5.32. The van der Waals surface area contributed by atoms with Crippen LogP contribution in [0.1, 0.15) is 106 Å². The molecule has 1 heterocycles. The van der Waals surface area contributed by atoms with E-state index < -0.39 is 0 Å². The monoisotopic (exact) mass is 304 g/mol. The molecular formula is C20H36N2. The first-order valence-electron chi connectivity index (χ1n) is 8.39. The van der Waals surface area contributed by atoms with Gasteiger partial charge in [-0.3, -0.25) is 0 Å². The summed E-state index contributed by atoms with van der Waals surface area (Å²) < 4.78 is 0. The van der Waals surface area contributed by atoms with Crippen LogP contribution in [-0.4, -0.2) is 9.97 Å². The summed E-state index contributed by atoms with van der Waals surface area (Å²) in [5, 5.41) is 0. The van der Waals surface area contributed by atoms with Gasteiger partial charge in [-0.2, -0.15) is 0 Å². The lowest BCUT2D eigenvalue weighted by Crippen LogP contribution is -2.33. The van der Waals surface area contributed by atoms with Crippen LogP contribution < -0.4 is 0 Å². The van der Waals surface area contributed by atoms with Crippen molar-refractivity contribution in [1.29, 1.82) is 0 Å². The molecule has 2 heteroatoms. The van der Waals surface area contributed by atoms with Gasteiger partial charge >= 0.3 is 0 Å². The minimum absolute atomic E-state index is 0.00551. The number of rotatable bonds is 0. The van der Waals surface area contributed by atoms with Crippen LogP contribution in [0.5, 0.6) is 0 Å². The van der Waals surface area contributed by atoms with Gasteiger partial charge in [0.15, 0.2) is 0 Å². The van der Waals surface area contributed by atoms with Crippen LogP contribution in [0.2, 0.25) is 0 Å². The highest BCUT2D eigenvalue weighted by Crippen LogP contribution is 2.39. The second-order valence-electron chi connectivity index (χ2n) is 10.6. The van der Waals surface area contributed by atoms with Crippen LogP contribution >= 0.6 is 0 Å². The molecule has 1 aromatic heterocycles. The third-order valence-corrected chi connectivity index (χ3v) is 3.75. The van der Waals surface area contributed by atoms with Gasteiger partial charge in [0.1, 0.15) is 5.82 Å². The van der Waals surface area contributed by atoms with Crippen molar-refractivity contribution in [2.75, 3.05) is 0 Å². The molecule has 0 aliphatic carbocycles. The van der Waals surface area contributed by atoms with Crippen molar-refractivity contribution in [3.8, 4) is 0 Å². The molecule has 126 valence electrons. The smallest absolute Gasteiger partial charge is 0.134 e. The van der Waals surface area contributed by atoms with E-state index in [1.165, 1.54) is 17.0 Å². The fourth-order valence-electron chi connectivity index (χ4n) is 2.59. The van der Waals surface area contributed by atoms with Crippen molar-refractivity contribution in [2.24, 2.45) is 0 Å². The summed E-state index contributed by atoms with van der Waals surface area (Å²) in [6, 6.07) is 0. The molecule has 1 rings (SSSR count). The second-order valence-corrected chi connectivity index (χ2v) is 10.6. The zero-order valence-electron chi connectivity index (χ0n) is 16.9. The van der Waals surface area contributed by atoms with Crippen LogP contribution in [0.4, 0.5) is 0 Å². The maximum Gasteiger partial charge on any atom is 0.134 e. The van der Waals surface area contributed by atoms with Crippen LogP contribution in [-0.2, 0) is 21.7 Å². The third kappa shape index (κ3) is 4.08. The van der Waals surface area contributed by atoms with E-state index in [1.807, 2.05) is 0 Å². The summed E-state index contributed by atoms with van der Waals surface area (Å²) in [5.41, 5.74) is 3.71. The molecule has 0 aromatic carbocycles. The van der Waals surface area contributed by atoms with Crippen LogP contribution in [0, 0.1) is 0 Å². The largest absolute Gasteiger partial charge is 0.237 e. The summed E-state index contributed by atoms with van der Waals surface area (Å²) in [6.07, 6.45) is 0. The quantitative estimate of drug-likeness (QED) is 0.617. The van der Waals surface area contributed by atoms with Gasteiger partial charge in [-0.05, 0) is 5.41 Å². The lowest BCUT2D eigenvalue weighted by molar-refractivity contribution is 0.447. The predicted octanol–water partition coefficient (Wildman–Crippen LogP) is 5.67. The first-order valence-corrected chi connectivity index (χ1v) is 8.39. The van der Waals surface area contributed by atoms with E-state index in [2.05, 4.69) is 83.1 Å². The molecule has 0 spiro atoms. The van der Waals surface area contributed by atoms with Crippen molar-refractivity contribution in [3.63, 3.8) is 0 Å². The Bertz CT molecular complexity index is 506. The lowest BCUT2D eigenvalue weighted by Gasteiger charge is -2.36. The molecule has 1 aromatic rings. The maximum absolute atomic E-state index is 5.04. The number of hydrogen-bond acceptors (Lipinski definition) is 2. The Hall–Kier alpha value is -0.920. The molecule has 0 unspecified atom stereocenters. The average molecular weight is 305 g/mol. The molecule has 0 radical (unpaired) electrons. The maximum atomic E-state index is 5.04. The summed E-state index contributed by atoms with van der Waals surface area (Å²) in [5.74, 6) is 0.954. The van der Waals surface area contributed by atoms with Crippen LogP contribution in [0.3, 0.4) is 0 Å². The third-order valence-electron chi connectivity index (χ3n) is 3.75. The molecule has 0 atom stereocenters. The Kier molecular flexibility index (Phi) is 4.62. The number of nitrogens with zero attached hydrogens (tertiary/aromatic N) is 2. The molecule has 0 aliphatic rings. The highest BCUT2D eigenvalue weighted by atomic mass is 14.9. The van der Waals surface area contributed by atoms with Crippen molar-refractivity contribution in [2.45, 2.75) is 105 Å². The van der Waals surface area contributed by atoms with Gasteiger partial charge < -0.3 is 0 Å². The van der Waals surface area contributed by atoms with E-state index in [1.54, 1.807) is 0 Å². The summed E-state index contributed by atoms with van der Waals surface area (Å²) >= 11 is 0. The van der Waals surface area contributed by atoms with Gasteiger partial charge in [0.05, 0.1) is 11.4 Å². The summed E-state index contributed by atoms with van der Waals surface area (Å²) in [4.78, 5) is 10.1. The topological polar surface area (TPSA) is 25.8 Å². The molecule has 22 heavy (non-hydrogen) atoms. The minimum Gasteiger partial charge on any atom is -0.237 e. The molecule has 0 aliphatic heterocycles. The van der Waals surface area contributed by atoms with Gasteiger partial charge in [0, 0.05) is 21.8 Å². The van der Waals surface area contributed by atoms with E-state index in [4.69, 9.17) is 9.97 Å². The minimum atomic E-state index is -0.0452. The molecule has 0 saturated heterocycles. The first kappa shape index (κ1) is 19.1. The zero-order chi connectivity index (χ0) is 17.7. The van der Waals surface area contributed by atoms with Gasteiger partial charge in [0.2, 0.25) is 0 Å². The zero-order valence-corrected chi connectivity index (χ0v) is 16.9. The fourth-order valence-corrected chi connectivity index (χ4v) is 2.59. The molecule has 0 N–H and O–H groups in total. The predicted molar refractivity (Wildman–Crippen MR) is 96.8 cm³/mol. The van der Waals surface area contributed by atoms with Crippen molar-refractivity contribution in [1.82, 2.24) is 9.97 Å². The van der Waals surface area contributed by atoms with Gasteiger partial charge in [-0.15, -0.1) is 0 Å². The molecule has 2 nitrogen and oxygen atoms in total. The van der Waals surface area contributed by atoms with Crippen molar-refractivity contribution < 1.29 is 0 Å². The van der Waals surface area contributed by atoms with Crippen molar-refractivity contribution >= 4 is 0 Å². The highest BCUT2D eigenvalue weighted by molar-refractivity contribution is 5.40. The Morgan fingerprint density at radius 2 is 0.773 bits per heavy atom. The Morgan fingerprint density at radius 1 is 0.455 bits per heavy atom. The van der Waals surface area contributed by atoms with Gasteiger partial charge in [0.25, 0.3) is 0 Å². The Morgan fingerprint density at radius 3 is 0.955 bits per heavy atom. The standard InChI is InChI=1S/C20H36N2/c1-17(2,3)13-14(18(4,5)6)21-16(20(10,11)12)22-15(13)19(7,8)9/h1-12H3. The number of aromatic nitrogens is 2. The van der Waals surface area contributed by atoms with Gasteiger partial charge in [-0.25, -0.2) is 9.97 Å². The molecular weight excluding hydrogens is 268 g/mol. The summed E-state index contributed by atoms with van der Waals surface area (Å²) in [6.45, 7) is 26.9. The lowest BCUT2D eigenvalue weighted by atomic mass is 9.73. The SMILES string of the molecule is CC(C)(C)c1nc(C(C)(C)C)c(C(C)(C)C)c(C(C)(C)C)n1. The Balaban J connectivity index is 3.96. The van der Waals surface area contributed by atoms with E-state index in [0.717, 1.165) is 5.82 Å². The summed E-state index contributed by atoms with van der Waals surface area (Å²) in [7, 11) is 0. The average Bonchev–Trinajstić information content (AvgIpc) is 2.22. The molecule has 0 amide bonds. The fraction of sp³-hybridized carbons (Fsp3) is 0.800. The van der Waals surface area contributed by atoms with E-state index in [-0.39, 0.29) is 21.7 Å². The van der Waals surface area contributed by atoms with E-state index in [0.29, 0.717) is 0 Å². The molecule has 0 bridgehead atoms. The first-order chi connectivity index (χ1) is 9.45. The molecule has 0 saturated carbocycles. The Labute approximate surface area is 138 Å². The highest BCUT2D eigenvalue weighted by Gasteiger charge is 2.36. The molecule has 0 fully saturated rings.